The zero-order valence-corrected chi connectivity index (χ0v) is 20.0. The number of carboxylic acid groups (broad SMARTS) is 1. The summed E-state index contributed by atoms with van der Waals surface area (Å²) in [6.45, 7) is 0.225. The van der Waals surface area contributed by atoms with Gasteiger partial charge in [-0.25, -0.2) is 14.6 Å². The Hall–Kier alpha value is -5.40. The van der Waals surface area contributed by atoms with Crippen molar-refractivity contribution in [3.8, 4) is 22.8 Å². The fourth-order valence-corrected chi connectivity index (χ4v) is 2.97. The Morgan fingerprint density at radius 1 is 0.949 bits per heavy atom. The van der Waals surface area contributed by atoms with Crippen LogP contribution in [0, 0.1) is 0 Å². The lowest BCUT2D eigenvalue weighted by Gasteiger charge is -2.10. The Bertz CT molecular complexity index is 1420. The number of ether oxygens (including phenoxy) is 1. The molecule has 2 heterocycles. The molecule has 0 aliphatic carbocycles. The number of hydrogen-bond donors (Lipinski definition) is 5. The number of carbonyl (C=O) groups is 2. The minimum Gasteiger partial charge on any atom is -0.475 e. The van der Waals surface area contributed by atoms with Crippen LogP contribution in [-0.2, 0) is 11.3 Å². The van der Waals surface area contributed by atoms with E-state index >= 15 is 0 Å². The van der Waals surface area contributed by atoms with Crippen molar-refractivity contribution in [1.29, 1.82) is 0 Å². The summed E-state index contributed by atoms with van der Waals surface area (Å²) in [5.74, 6) is -0.743. The van der Waals surface area contributed by atoms with Gasteiger partial charge in [0.2, 0.25) is 5.95 Å². The predicted octanol–water partition coefficient (Wildman–Crippen LogP) is 4.46. The lowest BCUT2D eigenvalue weighted by molar-refractivity contribution is -0.192. The van der Waals surface area contributed by atoms with Crippen LogP contribution < -0.4 is 26.8 Å². The van der Waals surface area contributed by atoms with Crippen LogP contribution in [0.3, 0.4) is 0 Å². The van der Waals surface area contributed by atoms with Gasteiger partial charge in [0, 0.05) is 29.6 Å². The molecule has 0 saturated carbocycles. The number of nitrogen functional groups attached to an aromatic ring is 1. The number of rotatable bonds is 7. The Labute approximate surface area is 219 Å². The van der Waals surface area contributed by atoms with Crippen molar-refractivity contribution in [1.82, 2.24) is 20.3 Å². The zero-order valence-electron chi connectivity index (χ0n) is 20.0. The van der Waals surface area contributed by atoms with Crippen LogP contribution in [0.25, 0.3) is 11.3 Å². The molecule has 2 amide bonds. The number of nitrogens with two attached hydrogens (primary N) is 2. The van der Waals surface area contributed by atoms with E-state index in [2.05, 4.69) is 25.6 Å². The molecule has 0 radical (unpaired) electrons. The van der Waals surface area contributed by atoms with Gasteiger partial charge in [-0.15, -0.1) is 0 Å². The summed E-state index contributed by atoms with van der Waals surface area (Å²) in [7, 11) is 0. The quantitative estimate of drug-likeness (QED) is 0.226. The predicted molar refractivity (Wildman–Crippen MR) is 136 cm³/mol. The molecule has 202 valence electrons. The molecule has 4 rings (SSSR count). The zero-order chi connectivity index (χ0) is 28.4. The Balaban J connectivity index is 0.000000532. The molecular weight excluding hydrogens is 519 g/mol. The molecular formula is C25H22F3N7O4. The van der Waals surface area contributed by atoms with E-state index in [1.54, 1.807) is 18.3 Å². The van der Waals surface area contributed by atoms with Crippen molar-refractivity contribution in [3.63, 3.8) is 0 Å². The number of nitrogens with one attached hydrogen (secondary N) is 2. The number of alkyl halides is 3. The first-order valence-electron chi connectivity index (χ1n) is 11.0. The van der Waals surface area contributed by atoms with Crippen LogP contribution in [0.4, 0.5) is 35.4 Å². The third-order valence-electron chi connectivity index (χ3n) is 4.65. The van der Waals surface area contributed by atoms with Crippen molar-refractivity contribution < 1.29 is 32.6 Å². The summed E-state index contributed by atoms with van der Waals surface area (Å²) in [4.78, 5) is 32.5. The average Bonchev–Trinajstić information content (AvgIpc) is 2.89. The fourth-order valence-electron chi connectivity index (χ4n) is 2.97. The second kappa shape index (κ2) is 12.7. The highest BCUT2D eigenvalue weighted by Gasteiger charge is 2.38. The van der Waals surface area contributed by atoms with Gasteiger partial charge in [-0.2, -0.15) is 18.2 Å². The van der Waals surface area contributed by atoms with Gasteiger partial charge in [0.25, 0.3) is 0 Å². The van der Waals surface area contributed by atoms with Gasteiger partial charge in [0.15, 0.2) is 0 Å². The van der Waals surface area contributed by atoms with E-state index in [-0.39, 0.29) is 12.5 Å². The monoisotopic (exact) mass is 541 g/mol. The number of benzene rings is 2. The minimum atomic E-state index is -5.08. The summed E-state index contributed by atoms with van der Waals surface area (Å²) in [5, 5.41) is 12.9. The first-order chi connectivity index (χ1) is 18.5. The van der Waals surface area contributed by atoms with E-state index in [9.17, 15) is 18.0 Å². The van der Waals surface area contributed by atoms with E-state index in [4.69, 9.17) is 26.1 Å². The van der Waals surface area contributed by atoms with Crippen LogP contribution in [0.5, 0.6) is 11.5 Å². The molecule has 0 spiro atoms. The lowest BCUT2D eigenvalue weighted by atomic mass is 10.1. The van der Waals surface area contributed by atoms with Crippen molar-refractivity contribution in [2.75, 3.05) is 11.1 Å². The maximum atomic E-state index is 10.9. The van der Waals surface area contributed by atoms with E-state index in [0.717, 1.165) is 16.9 Å². The molecule has 2 aromatic heterocycles. The average molecular weight is 541 g/mol. The molecule has 0 bridgehead atoms. The largest absolute Gasteiger partial charge is 0.490 e. The summed E-state index contributed by atoms with van der Waals surface area (Å²) in [5.41, 5.74) is 14.1. The van der Waals surface area contributed by atoms with Crippen LogP contribution in [0.15, 0.2) is 79.0 Å². The highest BCUT2D eigenvalue weighted by Crippen LogP contribution is 2.26. The number of aromatic nitrogens is 3. The minimum absolute atomic E-state index is 0.188. The summed E-state index contributed by atoms with van der Waals surface area (Å²) >= 11 is 0. The van der Waals surface area contributed by atoms with Crippen LogP contribution in [-0.4, -0.2) is 38.2 Å². The second-order valence-electron chi connectivity index (χ2n) is 7.62. The number of aliphatic carboxylic acids is 1. The van der Waals surface area contributed by atoms with Gasteiger partial charge < -0.3 is 31.9 Å². The van der Waals surface area contributed by atoms with Crippen molar-refractivity contribution in [2.45, 2.75) is 12.7 Å². The van der Waals surface area contributed by atoms with Gasteiger partial charge in [-0.1, -0.05) is 30.3 Å². The number of carboxylic acids is 1. The van der Waals surface area contributed by atoms with Gasteiger partial charge in [-0.3, -0.25) is 4.98 Å². The molecule has 0 aliphatic rings. The summed E-state index contributed by atoms with van der Waals surface area (Å²) in [6.07, 6.45) is -3.48. The number of amides is 2. The Morgan fingerprint density at radius 2 is 1.62 bits per heavy atom. The molecule has 39 heavy (non-hydrogen) atoms. The van der Waals surface area contributed by atoms with Gasteiger partial charge >= 0.3 is 18.2 Å². The highest BCUT2D eigenvalue weighted by atomic mass is 19.4. The lowest BCUT2D eigenvalue weighted by Crippen LogP contribution is -2.28. The normalized spacial score (nSPS) is 10.5. The van der Waals surface area contributed by atoms with Gasteiger partial charge in [-0.05, 0) is 30.3 Å². The molecule has 0 atom stereocenters. The van der Waals surface area contributed by atoms with Crippen molar-refractivity contribution in [3.05, 3.63) is 84.7 Å². The number of hydrogen-bond acceptors (Lipinski definition) is 8. The van der Waals surface area contributed by atoms with Crippen LogP contribution in [0.2, 0.25) is 0 Å². The molecule has 2 aromatic carbocycles. The highest BCUT2D eigenvalue weighted by molar-refractivity contribution is 5.73. The Kier molecular flexibility index (Phi) is 9.19. The van der Waals surface area contributed by atoms with Crippen LogP contribution >= 0.6 is 0 Å². The third kappa shape index (κ3) is 9.20. The molecule has 14 heteroatoms. The van der Waals surface area contributed by atoms with E-state index in [0.29, 0.717) is 23.0 Å². The molecule has 11 nitrogen and oxygen atoms in total. The van der Waals surface area contributed by atoms with Gasteiger partial charge in [0.1, 0.15) is 17.3 Å². The maximum Gasteiger partial charge on any atom is 0.490 e. The van der Waals surface area contributed by atoms with Gasteiger partial charge in [0.05, 0.1) is 17.9 Å². The first-order valence-corrected chi connectivity index (χ1v) is 11.0. The van der Waals surface area contributed by atoms with Crippen molar-refractivity contribution in [2.24, 2.45) is 5.73 Å². The van der Waals surface area contributed by atoms with E-state index < -0.39 is 18.2 Å². The number of pyridine rings is 1. The molecule has 7 N–H and O–H groups in total. The molecule has 0 unspecified atom stereocenters. The van der Waals surface area contributed by atoms with Crippen molar-refractivity contribution >= 4 is 29.5 Å². The first kappa shape index (κ1) is 28.2. The number of halogens is 3. The number of urea groups is 1. The summed E-state index contributed by atoms with van der Waals surface area (Å²) in [6, 6.07) is 21.8. The number of carbonyl (C=O) groups excluding carboxylic acids is 1. The molecule has 4 aromatic rings. The SMILES string of the molecule is NC(=O)NCc1cc(Oc2ccc(Nc3cc(-c4ccccc4)nc(N)n3)cc2)ccn1.O=C(O)C(F)(F)F. The molecule has 0 fully saturated rings. The third-order valence-corrected chi connectivity index (χ3v) is 4.65. The maximum absolute atomic E-state index is 10.9. The van der Waals surface area contributed by atoms with E-state index in [1.807, 2.05) is 60.7 Å². The standard InChI is InChI=1S/C23H21N7O2.C2HF3O2/c24-22-29-20(15-4-2-1-3-5-15)13-21(30-22)28-16-6-8-18(9-7-16)32-19-10-11-26-17(12-19)14-27-23(25)31;3-2(4,5)1(6)7/h1-13H,14H2,(H3,25,27,31)(H3,24,28,29,30);(H,6,7). The smallest absolute Gasteiger partial charge is 0.475 e. The fraction of sp³-hybridized carbons (Fsp3) is 0.0800. The number of primary amides is 1. The van der Waals surface area contributed by atoms with E-state index in [1.165, 1.54) is 0 Å². The van der Waals surface area contributed by atoms with Crippen LogP contribution in [0.1, 0.15) is 5.69 Å². The number of nitrogens with zero attached hydrogens (tertiary/aromatic N) is 3. The molecule has 0 saturated heterocycles. The topological polar surface area (TPSA) is 178 Å². The molecule has 0 aliphatic heterocycles. The number of anilines is 3. The Morgan fingerprint density at radius 3 is 2.23 bits per heavy atom. The second-order valence-corrected chi connectivity index (χ2v) is 7.62. The summed E-state index contributed by atoms with van der Waals surface area (Å²) < 4.78 is 37.6.